The highest BCUT2D eigenvalue weighted by atomic mass is 16.1. The summed E-state index contributed by atoms with van der Waals surface area (Å²) in [5, 5.41) is 0. The van der Waals surface area contributed by atoms with Gasteiger partial charge in [-0.1, -0.05) is 6.07 Å². The van der Waals surface area contributed by atoms with Crippen molar-refractivity contribution in [2.24, 2.45) is 0 Å². The molecule has 0 saturated carbocycles. The van der Waals surface area contributed by atoms with E-state index in [1.165, 1.54) is 5.56 Å². The highest BCUT2D eigenvalue weighted by Gasteiger charge is 2.20. The Morgan fingerprint density at radius 3 is 3.16 bits per heavy atom. The van der Waals surface area contributed by atoms with Gasteiger partial charge in [0.1, 0.15) is 5.82 Å². The lowest BCUT2D eigenvalue weighted by Gasteiger charge is -2.27. The molecule has 0 bridgehead atoms. The van der Waals surface area contributed by atoms with E-state index >= 15 is 0 Å². The minimum absolute atomic E-state index is 0.00149. The summed E-state index contributed by atoms with van der Waals surface area (Å²) >= 11 is 0. The predicted octanol–water partition coefficient (Wildman–Crippen LogP) is 1.03. The van der Waals surface area contributed by atoms with Crippen molar-refractivity contribution in [3.8, 4) is 0 Å². The van der Waals surface area contributed by atoms with Crippen LogP contribution in [0.5, 0.6) is 0 Å². The van der Waals surface area contributed by atoms with E-state index < -0.39 is 0 Å². The van der Waals surface area contributed by atoms with Crippen molar-refractivity contribution in [3.63, 3.8) is 0 Å². The van der Waals surface area contributed by atoms with Crippen LogP contribution in [0.2, 0.25) is 0 Å². The largest absolute Gasteiger partial charge is 0.310 e. The van der Waals surface area contributed by atoms with Crippen LogP contribution in [0.25, 0.3) is 0 Å². The van der Waals surface area contributed by atoms with E-state index in [0.717, 1.165) is 30.8 Å². The van der Waals surface area contributed by atoms with Gasteiger partial charge in [0.05, 0.1) is 11.3 Å². The van der Waals surface area contributed by atoms with Crippen molar-refractivity contribution in [3.05, 3.63) is 57.5 Å². The fourth-order valence-electron chi connectivity index (χ4n) is 2.49. The molecule has 0 radical (unpaired) electrons. The Kier molecular flexibility index (Phi) is 3.13. The van der Waals surface area contributed by atoms with Crippen LogP contribution in [-0.2, 0) is 19.5 Å². The molecule has 5 nitrogen and oxygen atoms in total. The molecule has 1 aliphatic heterocycles. The zero-order valence-corrected chi connectivity index (χ0v) is 10.9. The van der Waals surface area contributed by atoms with E-state index in [-0.39, 0.29) is 5.56 Å². The van der Waals surface area contributed by atoms with Crippen molar-refractivity contribution in [1.82, 2.24) is 19.9 Å². The van der Waals surface area contributed by atoms with E-state index in [4.69, 9.17) is 0 Å². The molecule has 0 atom stereocenters. The highest BCUT2D eigenvalue weighted by molar-refractivity contribution is 5.21. The summed E-state index contributed by atoms with van der Waals surface area (Å²) in [4.78, 5) is 25.5. The Morgan fingerprint density at radius 1 is 1.47 bits per heavy atom. The summed E-state index contributed by atoms with van der Waals surface area (Å²) in [6.45, 7) is 4.23. The topological polar surface area (TPSA) is 61.9 Å². The zero-order chi connectivity index (χ0) is 13.2. The Morgan fingerprint density at radius 2 is 2.37 bits per heavy atom. The maximum absolute atomic E-state index is 11.9. The molecule has 19 heavy (non-hydrogen) atoms. The van der Waals surface area contributed by atoms with Gasteiger partial charge in [-0.2, -0.15) is 0 Å². The molecule has 2 aromatic heterocycles. The number of hydrogen-bond acceptors (Lipinski definition) is 4. The second-order valence-corrected chi connectivity index (χ2v) is 4.90. The molecule has 98 valence electrons. The number of aromatic amines is 1. The summed E-state index contributed by atoms with van der Waals surface area (Å²) in [7, 11) is 0. The smallest absolute Gasteiger partial charge is 0.255 e. The van der Waals surface area contributed by atoms with Gasteiger partial charge >= 0.3 is 0 Å². The van der Waals surface area contributed by atoms with Gasteiger partial charge in [0.25, 0.3) is 5.56 Å². The monoisotopic (exact) mass is 256 g/mol. The highest BCUT2D eigenvalue weighted by Crippen LogP contribution is 2.15. The van der Waals surface area contributed by atoms with E-state index in [9.17, 15) is 4.79 Å². The van der Waals surface area contributed by atoms with Crippen LogP contribution >= 0.6 is 0 Å². The molecule has 5 heteroatoms. The van der Waals surface area contributed by atoms with Crippen LogP contribution in [0, 0.1) is 6.92 Å². The molecule has 0 unspecified atom stereocenters. The number of H-pyrrole nitrogens is 1. The van der Waals surface area contributed by atoms with Gasteiger partial charge in [-0.05, 0) is 18.6 Å². The van der Waals surface area contributed by atoms with Crippen LogP contribution in [0.1, 0.15) is 22.6 Å². The quantitative estimate of drug-likeness (QED) is 0.872. The van der Waals surface area contributed by atoms with Gasteiger partial charge in [-0.15, -0.1) is 0 Å². The SMILES string of the molecule is Cc1nc2c(c(=O)[nH]1)CN(Cc1cccnc1)CC2. The number of fused-ring (bicyclic) bond motifs is 1. The molecular formula is C14H16N4O. The zero-order valence-electron chi connectivity index (χ0n) is 10.9. The lowest BCUT2D eigenvalue weighted by molar-refractivity contribution is 0.241. The lowest BCUT2D eigenvalue weighted by Crippen LogP contribution is -2.35. The average Bonchev–Trinajstić information content (AvgIpc) is 2.40. The number of aryl methyl sites for hydroxylation is 1. The van der Waals surface area contributed by atoms with Gasteiger partial charge in [0, 0.05) is 38.4 Å². The molecule has 3 heterocycles. The number of nitrogens with zero attached hydrogens (tertiary/aromatic N) is 3. The second kappa shape index (κ2) is 4.93. The van der Waals surface area contributed by atoms with Crippen LogP contribution in [-0.4, -0.2) is 26.4 Å². The summed E-state index contributed by atoms with van der Waals surface area (Å²) in [5.41, 5.74) is 2.92. The molecule has 3 rings (SSSR count). The molecule has 0 amide bonds. The Bertz CT molecular complexity index is 636. The van der Waals surface area contributed by atoms with Gasteiger partial charge < -0.3 is 4.98 Å². The first-order valence-electron chi connectivity index (χ1n) is 6.42. The maximum Gasteiger partial charge on any atom is 0.255 e. The predicted molar refractivity (Wildman–Crippen MR) is 71.6 cm³/mol. The van der Waals surface area contributed by atoms with Crippen LogP contribution in [0.4, 0.5) is 0 Å². The van der Waals surface area contributed by atoms with Crippen molar-refractivity contribution >= 4 is 0 Å². The van der Waals surface area contributed by atoms with Gasteiger partial charge in [-0.25, -0.2) is 4.98 Å². The van der Waals surface area contributed by atoms with Crippen LogP contribution in [0.15, 0.2) is 29.3 Å². The molecule has 0 saturated heterocycles. The third-order valence-corrected chi connectivity index (χ3v) is 3.40. The number of aromatic nitrogens is 3. The fourth-order valence-corrected chi connectivity index (χ4v) is 2.49. The minimum atomic E-state index is -0.00149. The van der Waals surface area contributed by atoms with Crippen LogP contribution < -0.4 is 5.56 Å². The molecule has 1 aliphatic rings. The Hall–Kier alpha value is -2.01. The summed E-state index contributed by atoms with van der Waals surface area (Å²) < 4.78 is 0. The van der Waals surface area contributed by atoms with E-state index in [1.807, 2.05) is 19.2 Å². The Balaban J connectivity index is 1.81. The third-order valence-electron chi connectivity index (χ3n) is 3.40. The van der Waals surface area contributed by atoms with Crippen molar-refractivity contribution in [2.45, 2.75) is 26.4 Å². The maximum atomic E-state index is 11.9. The summed E-state index contributed by atoms with van der Waals surface area (Å²) in [5.74, 6) is 0.699. The Labute approximate surface area is 111 Å². The first kappa shape index (κ1) is 12.0. The van der Waals surface area contributed by atoms with Crippen molar-refractivity contribution in [2.75, 3.05) is 6.54 Å². The molecule has 0 aliphatic carbocycles. The number of pyridine rings is 1. The van der Waals surface area contributed by atoms with E-state index in [1.54, 1.807) is 6.20 Å². The average molecular weight is 256 g/mol. The standard InChI is InChI=1S/C14H16N4O/c1-10-16-13-4-6-18(9-12(13)14(19)17-10)8-11-3-2-5-15-7-11/h2-3,5,7H,4,6,8-9H2,1H3,(H,16,17,19). The molecule has 1 N–H and O–H groups in total. The van der Waals surface area contributed by atoms with E-state index in [2.05, 4.69) is 25.9 Å². The second-order valence-electron chi connectivity index (χ2n) is 4.90. The van der Waals surface area contributed by atoms with Crippen molar-refractivity contribution < 1.29 is 0 Å². The van der Waals surface area contributed by atoms with Gasteiger partial charge in [0.15, 0.2) is 0 Å². The number of nitrogens with one attached hydrogen (secondary N) is 1. The van der Waals surface area contributed by atoms with Gasteiger partial charge in [-0.3, -0.25) is 14.7 Å². The van der Waals surface area contributed by atoms with Crippen LogP contribution in [0.3, 0.4) is 0 Å². The fraction of sp³-hybridized carbons (Fsp3) is 0.357. The first-order valence-corrected chi connectivity index (χ1v) is 6.42. The first-order chi connectivity index (χ1) is 9.22. The molecule has 0 spiro atoms. The number of rotatable bonds is 2. The third kappa shape index (κ3) is 2.56. The molecule has 2 aromatic rings. The normalized spacial score (nSPS) is 15.2. The minimum Gasteiger partial charge on any atom is -0.310 e. The van der Waals surface area contributed by atoms with Gasteiger partial charge in [0.2, 0.25) is 0 Å². The molecular weight excluding hydrogens is 240 g/mol. The van der Waals surface area contributed by atoms with Crippen molar-refractivity contribution in [1.29, 1.82) is 0 Å². The van der Waals surface area contributed by atoms with E-state index in [0.29, 0.717) is 12.4 Å². The summed E-state index contributed by atoms with van der Waals surface area (Å²) in [6, 6.07) is 3.99. The summed E-state index contributed by atoms with van der Waals surface area (Å²) in [6.07, 6.45) is 4.47. The number of hydrogen-bond donors (Lipinski definition) is 1. The lowest BCUT2D eigenvalue weighted by atomic mass is 10.1. The molecule has 0 aromatic carbocycles. The molecule has 0 fully saturated rings.